The van der Waals surface area contributed by atoms with E-state index < -0.39 is 5.82 Å². The van der Waals surface area contributed by atoms with E-state index in [2.05, 4.69) is 15.9 Å². The molecular weight excluding hydrogens is 355 g/mol. The molecule has 2 N–H and O–H groups in total. The predicted octanol–water partition coefficient (Wildman–Crippen LogP) is 4.00. The molecule has 0 saturated heterocycles. The Kier molecular flexibility index (Phi) is 4.80. The van der Waals surface area contributed by atoms with Crippen LogP contribution in [0.15, 0.2) is 40.9 Å². The Morgan fingerprint density at radius 2 is 1.90 bits per heavy atom. The van der Waals surface area contributed by atoms with E-state index in [1.54, 1.807) is 31.2 Å². The normalized spacial score (nSPS) is 10.3. The van der Waals surface area contributed by atoms with Crippen LogP contribution in [0.3, 0.4) is 0 Å². The van der Waals surface area contributed by atoms with Crippen molar-refractivity contribution in [1.82, 2.24) is 0 Å². The molecule has 2 aromatic rings. The SMILES string of the molecule is COc1ccccc1N(C)c1ccc(C(N)=S)c(Br)c1F. The van der Waals surface area contributed by atoms with Crippen molar-refractivity contribution >= 4 is 44.5 Å². The Morgan fingerprint density at radius 1 is 1.24 bits per heavy atom. The quantitative estimate of drug-likeness (QED) is 0.827. The number of rotatable bonds is 4. The Labute approximate surface area is 136 Å². The van der Waals surface area contributed by atoms with Crippen LogP contribution in [0.4, 0.5) is 15.8 Å². The molecule has 2 rings (SSSR count). The molecule has 2 aromatic carbocycles. The smallest absolute Gasteiger partial charge is 0.161 e. The Bertz CT molecular complexity index is 693. The topological polar surface area (TPSA) is 38.5 Å². The van der Waals surface area contributed by atoms with Crippen molar-refractivity contribution in [3.63, 3.8) is 0 Å². The third-order valence-electron chi connectivity index (χ3n) is 3.14. The van der Waals surface area contributed by atoms with Crippen LogP contribution in [-0.4, -0.2) is 19.1 Å². The average molecular weight is 369 g/mol. The second kappa shape index (κ2) is 6.41. The van der Waals surface area contributed by atoms with Crippen molar-refractivity contribution in [2.24, 2.45) is 5.73 Å². The van der Waals surface area contributed by atoms with Gasteiger partial charge in [0.25, 0.3) is 0 Å². The van der Waals surface area contributed by atoms with Crippen molar-refractivity contribution in [2.75, 3.05) is 19.1 Å². The van der Waals surface area contributed by atoms with Crippen molar-refractivity contribution in [2.45, 2.75) is 0 Å². The van der Waals surface area contributed by atoms with Crippen molar-refractivity contribution < 1.29 is 9.13 Å². The Balaban J connectivity index is 2.52. The number of hydrogen-bond acceptors (Lipinski definition) is 3. The standard InChI is InChI=1S/C15H14BrFN2OS/c1-19(10-5-3-4-6-12(10)20-2)11-8-7-9(15(18)21)13(16)14(11)17/h3-8H,1-2H3,(H2,18,21). The van der Waals surface area contributed by atoms with E-state index in [4.69, 9.17) is 22.7 Å². The Hall–Kier alpha value is -1.66. The lowest BCUT2D eigenvalue weighted by atomic mass is 10.1. The van der Waals surface area contributed by atoms with Crippen molar-refractivity contribution in [3.8, 4) is 5.75 Å². The summed E-state index contributed by atoms with van der Waals surface area (Å²) >= 11 is 8.11. The van der Waals surface area contributed by atoms with E-state index >= 15 is 0 Å². The van der Waals surface area contributed by atoms with Gasteiger partial charge >= 0.3 is 0 Å². The van der Waals surface area contributed by atoms with Gasteiger partial charge in [-0.25, -0.2) is 4.39 Å². The van der Waals surface area contributed by atoms with Crippen LogP contribution in [-0.2, 0) is 0 Å². The average Bonchev–Trinajstić information content (AvgIpc) is 2.48. The summed E-state index contributed by atoms with van der Waals surface area (Å²) in [5, 5.41) is 0. The lowest BCUT2D eigenvalue weighted by Gasteiger charge is -2.23. The summed E-state index contributed by atoms with van der Waals surface area (Å²) in [6.45, 7) is 0. The lowest BCUT2D eigenvalue weighted by molar-refractivity contribution is 0.415. The molecule has 0 aliphatic carbocycles. The molecule has 0 heterocycles. The van der Waals surface area contributed by atoms with E-state index in [-0.39, 0.29) is 9.46 Å². The first-order chi connectivity index (χ1) is 9.97. The highest BCUT2D eigenvalue weighted by Crippen LogP contribution is 2.36. The van der Waals surface area contributed by atoms with E-state index in [9.17, 15) is 4.39 Å². The molecule has 0 fully saturated rings. The molecular formula is C15H14BrFN2OS. The van der Waals surface area contributed by atoms with E-state index in [0.29, 0.717) is 17.0 Å². The molecule has 21 heavy (non-hydrogen) atoms. The second-order valence-electron chi connectivity index (χ2n) is 4.36. The third-order valence-corrected chi connectivity index (χ3v) is 4.13. The maximum absolute atomic E-state index is 14.5. The van der Waals surface area contributed by atoms with Gasteiger partial charge in [-0.1, -0.05) is 24.4 Å². The fraction of sp³-hybridized carbons (Fsp3) is 0.133. The maximum atomic E-state index is 14.5. The highest BCUT2D eigenvalue weighted by Gasteiger charge is 2.18. The first-order valence-corrected chi connectivity index (χ1v) is 7.32. The van der Waals surface area contributed by atoms with Gasteiger partial charge in [-0.05, 0) is 40.2 Å². The van der Waals surface area contributed by atoms with E-state index in [1.807, 2.05) is 24.3 Å². The van der Waals surface area contributed by atoms with Crippen LogP contribution in [0.1, 0.15) is 5.56 Å². The number of thiocarbonyl (C=S) groups is 1. The lowest BCUT2D eigenvalue weighted by Crippen LogP contribution is -2.15. The minimum Gasteiger partial charge on any atom is -0.495 e. The zero-order chi connectivity index (χ0) is 15.6. The molecule has 0 aromatic heterocycles. The zero-order valence-electron chi connectivity index (χ0n) is 11.6. The zero-order valence-corrected chi connectivity index (χ0v) is 14.0. The molecule has 0 amide bonds. The first-order valence-electron chi connectivity index (χ1n) is 6.12. The number of anilines is 2. The first kappa shape index (κ1) is 15.7. The number of hydrogen-bond donors (Lipinski definition) is 1. The fourth-order valence-corrected chi connectivity index (χ4v) is 2.88. The van der Waals surface area contributed by atoms with Gasteiger partial charge in [-0.3, -0.25) is 0 Å². The monoisotopic (exact) mass is 368 g/mol. The van der Waals surface area contributed by atoms with Crippen LogP contribution < -0.4 is 15.4 Å². The third kappa shape index (κ3) is 3.01. The van der Waals surface area contributed by atoms with E-state index in [1.165, 1.54) is 0 Å². The minimum absolute atomic E-state index is 0.146. The summed E-state index contributed by atoms with van der Waals surface area (Å²) < 4.78 is 20.1. The highest BCUT2D eigenvalue weighted by atomic mass is 79.9. The van der Waals surface area contributed by atoms with Crippen molar-refractivity contribution in [1.29, 1.82) is 0 Å². The van der Waals surface area contributed by atoms with Gasteiger partial charge in [0.2, 0.25) is 0 Å². The van der Waals surface area contributed by atoms with Gasteiger partial charge < -0.3 is 15.4 Å². The summed E-state index contributed by atoms with van der Waals surface area (Å²) in [5.74, 6) is 0.239. The molecule has 0 spiro atoms. The van der Waals surface area contributed by atoms with Gasteiger partial charge in [0.15, 0.2) is 5.82 Å². The molecule has 0 saturated carbocycles. The molecule has 0 aliphatic heterocycles. The number of nitrogens with zero attached hydrogens (tertiary/aromatic N) is 1. The molecule has 3 nitrogen and oxygen atoms in total. The summed E-state index contributed by atoms with van der Waals surface area (Å²) in [6.07, 6.45) is 0. The number of nitrogens with two attached hydrogens (primary N) is 1. The molecule has 0 unspecified atom stereocenters. The van der Waals surface area contributed by atoms with E-state index in [0.717, 1.165) is 5.69 Å². The van der Waals surface area contributed by atoms with Gasteiger partial charge in [-0.15, -0.1) is 0 Å². The largest absolute Gasteiger partial charge is 0.495 e. The van der Waals surface area contributed by atoms with Gasteiger partial charge in [0, 0.05) is 12.6 Å². The molecule has 0 atom stereocenters. The molecule has 110 valence electrons. The summed E-state index contributed by atoms with van der Waals surface area (Å²) in [7, 11) is 3.35. The predicted molar refractivity (Wildman–Crippen MR) is 91.0 cm³/mol. The van der Waals surface area contributed by atoms with Crippen LogP contribution in [0.2, 0.25) is 0 Å². The number of halogens is 2. The fourth-order valence-electron chi connectivity index (χ4n) is 2.03. The highest BCUT2D eigenvalue weighted by molar-refractivity contribution is 9.10. The summed E-state index contributed by atoms with van der Waals surface area (Å²) in [5.41, 5.74) is 7.19. The van der Waals surface area contributed by atoms with Gasteiger partial charge in [0.05, 0.1) is 23.0 Å². The number of para-hydroxylation sites is 2. The number of methoxy groups -OCH3 is 1. The van der Waals surface area contributed by atoms with Crippen LogP contribution >= 0.6 is 28.1 Å². The van der Waals surface area contributed by atoms with Crippen molar-refractivity contribution in [3.05, 3.63) is 52.3 Å². The van der Waals surface area contributed by atoms with Gasteiger partial charge in [0.1, 0.15) is 10.7 Å². The molecule has 0 aliphatic rings. The summed E-state index contributed by atoms with van der Waals surface area (Å²) in [4.78, 5) is 1.86. The minimum atomic E-state index is -0.422. The molecule has 0 bridgehead atoms. The van der Waals surface area contributed by atoms with Crippen LogP contribution in [0, 0.1) is 5.82 Å². The summed E-state index contributed by atoms with van der Waals surface area (Å²) in [6, 6.07) is 10.7. The maximum Gasteiger partial charge on any atom is 0.161 e. The number of ether oxygens (including phenoxy) is 1. The number of benzene rings is 2. The Morgan fingerprint density at radius 3 is 2.52 bits per heavy atom. The van der Waals surface area contributed by atoms with Crippen LogP contribution in [0.25, 0.3) is 0 Å². The second-order valence-corrected chi connectivity index (χ2v) is 5.59. The molecule has 0 radical (unpaired) electrons. The van der Waals surface area contributed by atoms with Crippen LogP contribution in [0.5, 0.6) is 5.75 Å². The molecule has 6 heteroatoms. The van der Waals surface area contributed by atoms with Gasteiger partial charge in [-0.2, -0.15) is 0 Å².